The summed E-state index contributed by atoms with van der Waals surface area (Å²) in [6.07, 6.45) is 0. The number of rotatable bonds is 7. The molecular weight excluding hydrogens is 278 g/mol. The van der Waals surface area contributed by atoms with Gasteiger partial charge in [0.15, 0.2) is 9.84 Å². The van der Waals surface area contributed by atoms with Gasteiger partial charge in [-0.15, -0.1) is 0 Å². The van der Waals surface area contributed by atoms with Crippen molar-refractivity contribution in [2.75, 3.05) is 29.9 Å². The first-order valence-corrected chi connectivity index (χ1v) is 8.41. The maximum absolute atomic E-state index is 12.0. The van der Waals surface area contributed by atoms with E-state index in [1.54, 1.807) is 26.0 Å². The summed E-state index contributed by atoms with van der Waals surface area (Å²) in [5, 5.41) is 5.66. The average molecular weight is 299 g/mol. The highest BCUT2D eigenvalue weighted by Gasteiger charge is 2.11. The monoisotopic (exact) mass is 299 g/mol. The van der Waals surface area contributed by atoms with E-state index in [1.807, 2.05) is 6.92 Å². The van der Waals surface area contributed by atoms with E-state index in [4.69, 9.17) is 0 Å². The molecular formula is C13H21N3O3S. The second-order valence-corrected chi connectivity index (χ2v) is 6.88. The maximum atomic E-state index is 12.0. The molecule has 0 bridgehead atoms. The molecule has 0 fully saturated rings. The number of nitrogens with zero attached hydrogens (tertiary/aromatic N) is 1. The largest absolute Gasteiger partial charge is 0.370 e. The molecule has 1 amide bonds. The van der Waals surface area contributed by atoms with Gasteiger partial charge in [0.2, 0.25) is 0 Å². The zero-order valence-corrected chi connectivity index (χ0v) is 12.9. The molecule has 0 atom stereocenters. The summed E-state index contributed by atoms with van der Waals surface area (Å²) >= 11 is 0. The third-order valence-electron chi connectivity index (χ3n) is 2.71. The first-order valence-electron chi connectivity index (χ1n) is 6.59. The van der Waals surface area contributed by atoms with Crippen LogP contribution >= 0.6 is 0 Å². The molecule has 1 aromatic rings. The van der Waals surface area contributed by atoms with Gasteiger partial charge < -0.3 is 10.6 Å². The number of amides is 1. The van der Waals surface area contributed by atoms with Gasteiger partial charge >= 0.3 is 0 Å². The lowest BCUT2D eigenvalue weighted by atomic mass is 10.2. The van der Waals surface area contributed by atoms with E-state index < -0.39 is 9.84 Å². The second-order valence-electron chi connectivity index (χ2n) is 4.41. The first-order chi connectivity index (χ1) is 9.38. The average Bonchev–Trinajstić information content (AvgIpc) is 2.38. The van der Waals surface area contributed by atoms with Crippen LogP contribution in [-0.2, 0) is 9.84 Å². The normalized spacial score (nSPS) is 11.2. The Hall–Kier alpha value is -1.63. The van der Waals surface area contributed by atoms with Crippen molar-refractivity contribution in [2.24, 2.45) is 0 Å². The SMILES string of the molecule is CCNc1cc(C(=O)NCCS(=O)(=O)CC)cc(C)n1. The number of sulfone groups is 1. The Labute approximate surface area is 119 Å². The fourth-order valence-corrected chi connectivity index (χ4v) is 2.34. The summed E-state index contributed by atoms with van der Waals surface area (Å²) in [4.78, 5) is 16.2. The van der Waals surface area contributed by atoms with Crippen LogP contribution in [0.3, 0.4) is 0 Å². The standard InChI is InChI=1S/C13H21N3O3S/c1-4-14-12-9-11(8-10(3)16-12)13(17)15-6-7-20(18,19)5-2/h8-9H,4-7H2,1-3H3,(H,14,16)(H,15,17). The topological polar surface area (TPSA) is 88.2 Å². The smallest absolute Gasteiger partial charge is 0.251 e. The van der Waals surface area contributed by atoms with Gasteiger partial charge in [0, 0.05) is 30.1 Å². The Morgan fingerprint density at radius 1 is 1.30 bits per heavy atom. The molecule has 2 N–H and O–H groups in total. The lowest BCUT2D eigenvalue weighted by Crippen LogP contribution is -2.29. The molecule has 0 aliphatic rings. The number of carbonyl (C=O) groups is 1. The van der Waals surface area contributed by atoms with Crippen LogP contribution in [0.25, 0.3) is 0 Å². The van der Waals surface area contributed by atoms with Crippen LogP contribution in [0.15, 0.2) is 12.1 Å². The Morgan fingerprint density at radius 2 is 2.00 bits per heavy atom. The summed E-state index contributed by atoms with van der Waals surface area (Å²) in [7, 11) is -3.06. The molecule has 6 nitrogen and oxygen atoms in total. The predicted molar refractivity (Wildman–Crippen MR) is 79.8 cm³/mol. The minimum Gasteiger partial charge on any atom is -0.370 e. The molecule has 112 valence electrons. The Balaban J connectivity index is 2.68. The third kappa shape index (κ3) is 5.16. The van der Waals surface area contributed by atoms with E-state index in [0.29, 0.717) is 17.9 Å². The molecule has 0 spiro atoms. The van der Waals surface area contributed by atoms with Gasteiger partial charge in [-0.25, -0.2) is 13.4 Å². The van der Waals surface area contributed by atoms with Crippen LogP contribution in [-0.4, -0.2) is 43.9 Å². The van der Waals surface area contributed by atoms with Crippen molar-refractivity contribution < 1.29 is 13.2 Å². The summed E-state index contributed by atoms with van der Waals surface area (Å²) in [6.45, 7) is 6.17. The minimum absolute atomic E-state index is 0.0423. The van der Waals surface area contributed by atoms with Crippen molar-refractivity contribution in [3.8, 4) is 0 Å². The zero-order valence-electron chi connectivity index (χ0n) is 12.1. The van der Waals surface area contributed by atoms with Crippen molar-refractivity contribution in [1.82, 2.24) is 10.3 Å². The number of pyridine rings is 1. The number of nitrogens with one attached hydrogen (secondary N) is 2. The van der Waals surface area contributed by atoms with Crippen LogP contribution in [0.4, 0.5) is 5.82 Å². The van der Waals surface area contributed by atoms with Crippen molar-refractivity contribution in [3.63, 3.8) is 0 Å². The highest BCUT2D eigenvalue weighted by molar-refractivity contribution is 7.91. The van der Waals surface area contributed by atoms with Crippen molar-refractivity contribution in [1.29, 1.82) is 0 Å². The van der Waals surface area contributed by atoms with E-state index in [-0.39, 0.29) is 24.0 Å². The van der Waals surface area contributed by atoms with E-state index in [0.717, 1.165) is 5.69 Å². The minimum atomic E-state index is -3.06. The van der Waals surface area contributed by atoms with Crippen LogP contribution in [0.2, 0.25) is 0 Å². The van der Waals surface area contributed by atoms with E-state index >= 15 is 0 Å². The molecule has 1 rings (SSSR count). The fourth-order valence-electron chi connectivity index (χ4n) is 1.64. The molecule has 0 radical (unpaired) electrons. The van der Waals surface area contributed by atoms with E-state index in [9.17, 15) is 13.2 Å². The lowest BCUT2D eigenvalue weighted by molar-refractivity contribution is 0.0956. The molecule has 7 heteroatoms. The summed E-state index contributed by atoms with van der Waals surface area (Å²) in [6, 6.07) is 3.32. The molecule has 0 aromatic carbocycles. The molecule has 0 unspecified atom stereocenters. The Bertz CT molecular complexity index is 570. The van der Waals surface area contributed by atoms with Crippen LogP contribution in [0.1, 0.15) is 29.9 Å². The molecule has 1 heterocycles. The van der Waals surface area contributed by atoms with Crippen molar-refractivity contribution in [3.05, 3.63) is 23.4 Å². The summed E-state index contributed by atoms with van der Waals surface area (Å²) in [5.74, 6) is 0.390. The number of aryl methyl sites for hydroxylation is 1. The van der Waals surface area contributed by atoms with Crippen molar-refractivity contribution in [2.45, 2.75) is 20.8 Å². The zero-order chi connectivity index (χ0) is 15.2. The van der Waals surface area contributed by atoms with Crippen molar-refractivity contribution >= 4 is 21.6 Å². The van der Waals surface area contributed by atoms with Crippen LogP contribution in [0, 0.1) is 6.92 Å². The van der Waals surface area contributed by atoms with E-state index in [1.165, 1.54) is 0 Å². The Morgan fingerprint density at radius 3 is 2.60 bits per heavy atom. The van der Waals surface area contributed by atoms with Gasteiger partial charge in [-0.3, -0.25) is 4.79 Å². The number of hydrogen-bond donors (Lipinski definition) is 2. The molecule has 0 saturated carbocycles. The van der Waals surface area contributed by atoms with Gasteiger partial charge in [0.05, 0.1) is 5.75 Å². The number of carbonyl (C=O) groups excluding carboxylic acids is 1. The van der Waals surface area contributed by atoms with Gasteiger partial charge in [-0.1, -0.05) is 6.92 Å². The van der Waals surface area contributed by atoms with Crippen LogP contribution < -0.4 is 10.6 Å². The lowest BCUT2D eigenvalue weighted by Gasteiger charge is -2.08. The predicted octanol–water partition coefficient (Wildman–Crippen LogP) is 0.986. The summed E-state index contributed by atoms with van der Waals surface area (Å²) in [5.41, 5.74) is 1.21. The van der Waals surface area contributed by atoms with Gasteiger partial charge in [-0.2, -0.15) is 0 Å². The molecule has 1 aromatic heterocycles. The third-order valence-corrected chi connectivity index (χ3v) is 4.42. The second kappa shape index (κ2) is 7.23. The molecule has 0 saturated heterocycles. The van der Waals surface area contributed by atoms with Gasteiger partial charge in [-0.05, 0) is 26.0 Å². The van der Waals surface area contributed by atoms with E-state index in [2.05, 4.69) is 15.6 Å². The molecule has 0 aliphatic carbocycles. The quantitative estimate of drug-likeness (QED) is 0.784. The molecule has 0 aliphatic heterocycles. The first kappa shape index (κ1) is 16.4. The van der Waals surface area contributed by atoms with Gasteiger partial charge in [0.1, 0.15) is 5.82 Å². The molecule has 20 heavy (non-hydrogen) atoms. The Kier molecular flexibility index (Phi) is 5.94. The summed E-state index contributed by atoms with van der Waals surface area (Å²) < 4.78 is 22.7. The maximum Gasteiger partial charge on any atom is 0.251 e. The van der Waals surface area contributed by atoms with Crippen LogP contribution in [0.5, 0.6) is 0 Å². The number of aromatic nitrogens is 1. The fraction of sp³-hybridized carbons (Fsp3) is 0.538. The highest BCUT2D eigenvalue weighted by Crippen LogP contribution is 2.09. The number of anilines is 1. The van der Waals surface area contributed by atoms with Gasteiger partial charge in [0.25, 0.3) is 5.91 Å². The number of hydrogen-bond acceptors (Lipinski definition) is 5. The highest BCUT2D eigenvalue weighted by atomic mass is 32.2.